The molecule has 0 aliphatic carbocycles. The summed E-state index contributed by atoms with van der Waals surface area (Å²) in [6.45, 7) is 3.36. The van der Waals surface area contributed by atoms with Crippen molar-refractivity contribution in [3.8, 4) is 17.2 Å². The van der Waals surface area contributed by atoms with Crippen molar-refractivity contribution >= 4 is 16.8 Å². The van der Waals surface area contributed by atoms with Gasteiger partial charge in [0.1, 0.15) is 19.0 Å². The molecule has 1 aromatic heterocycles. The zero-order valence-electron chi connectivity index (χ0n) is 17.7. The Morgan fingerprint density at radius 1 is 1.13 bits per heavy atom. The number of carbonyl (C=O) groups excluding carboxylic acids is 1. The van der Waals surface area contributed by atoms with Crippen LogP contribution in [0.4, 0.5) is 0 Å². The minimum atomic E-state index is -0.148. The summed E-state index contributed by atoms with van der Waals surface area (Å²) in [5.41, 5.74) is 1.65. The highest BCUT2D eigenvalue weighted by Gasteiger charge is 2.16. The maximum absolute atomic E-state index is 12.4. The average Bonchev–Trinajstić information content (AvgIpc) is 2.79. The van der Waals surface area contributed by atoms with E-state index in [-0.39, 0.29) is 17.5 Å². The van der Waals surface area contributed by atoms with Crippen LogP contribution in [0.25, 0.3) is 10.9 Å². The minimum Gasteiger partial charge on any atom is -0.493 e. The van der Waals surface area contributed by atoms with Crippen LogP contribution in [0, 0.1) is 0 Å². The van der Waals surface area contributed by atoms with E-state index >= 15 is 0 Å². The van der Waals surface area contributed by atoms with E-state index in [0.717, 1.165) is 22.2 Å². The van der Waals surface area contributed by atoms with E-state index in [9.17, 15) is 9.59 Å². The SMILES string of the molecule is C[C@@H](NC(=O)CCCOc1cc(=O)n(C)c2ccccc12)c1ccc2c(c1)OCCO2. The molecule has 4 rings (SSSR count). The molecule has 1 atom stereocenters. The Labute approximate surface area is 180 Å². The molecular formula is C24H26N2O5. The quantitative estimate of drug-likeness (QED) is 0.591. The summed E-state index contributed by atoms with van der Waals surface area (Å²) < 4.78 is 18.6. The van der Waals surface area contributed by atoms with E-state index in [4.69, 9.17) is 14.2 Å². The van der Waals surface area contributed by atoms with Crippen molar-refractivity contribution in [3.05, 3.63) is 64.4 Å². The van der Waals surface area contributed by atoms with E-state index < -0.39 is 0 Å². The second-order valence-corrected chi connectivity index (χ2v) is 7.57. The third kappa shape index (κ3) is 4.66. The van der Waals surface area contributed by atoms with Crippen LogP contribution < -0.4 is 25.1 Å². The number of benzene rings is 2. The van der Waals surface area contributed by atoms with Crippen molar-refractivity contribution in [2.24, 2.45) is 7.05 Å². The molecule has 0 radical (unpaired) electrons. The molecule has 1 amide bonds. The maximum atomic E-state index is 12.4. The predicted molar refractivity (Wildman–Crippen MR) is 118 cm³/mol. The lowest BCUT2D eigenvalue weighted by Gasteiger charge is -2.21. The summed E-state index contributed by atoms with van der Waals surface area (Å²) in [7, 11) is 1.74. The van der Waals surface area contributed by atoms with Crippen LogP contribution >= 0.6 is 0 Å². The van der Waals surface area contributed by atoms with Gasteiger partial charge in [-0.2, -0.15) is 0 Å². The van der Waals surface area contributed by atoms with Crippen LogP contribution in [0.2, 0.25) is 0 Å². The molecule has 162 valence electrons. The number of aryl methyl sites for hydroxylation is 1. The Bertz CT molecular complexity index is 1150. The zero-order chi connectivity index (χ0) is 21.8. The first-order valence-electron chi connectivity index (χ1n) is 10.4. The van der Waals surface area contributed by atoms with Crippen LogP contribution in [-0.2, 0) is 11.8 Å². The highest BCUT2D eigenvalue weighted by atomic mass is 16.6. The van der Waals surface area contributed by atoms with Crippen molar-refractivity contribution in [1.82, 2.24) is 9.88 Å². The Morgan fingerprint density at radius 3 is 2.74 bits per heavy atom. The summed E-state index contributed by atoms with van der Waals surface area (Å²) >= 11 is 0. The number of aromatic nitrogens is 1. The number of rotatable bonds is 7. The summed E-state index contributed by atoms with van der Waals surface area (Å²) in [4.78, 5) is 24.5. The van der Waals surface area contributed by atoms with Crippen LogP contribution in [-0.4, -0.2) is 30.3 Å². The Hall–Kier alpha value is -3.48. The fourth-order valence-corrected chi connectivity index (χ4v) is 3.64. The molecule has 0 unspecified atom stereocenters. The van der Waals surface area contributed by atoms with E-state index in [1.54, 1.807) is 11.6 Å². The molecule has 7 heteroatoms. The minimum absolute atomic E-state index is 0.0557. The number of nitrogens with one attached hydrogen (secondary N) is 1. The lowest BCUT2D eigenvalue weighted by atomic mass is 10.1. The fraction of sp³-hybridized carbons (Fsp3) is 0.333. The van der Waals surface area contributed by atoms with Crippen LogP contribution in [0.5, 0.6) is 17.2 Å². The first kappa shape index (κ1) is 20.8. The van der Waals surface area contributed by atoms with Gasteiger partial charge in [-0.25, -0.2) is 0 Å². The zero-order valence-corrected chi connectivity index (χ0v) is 17.7. The van der Waals surface area contributed by atoms with Crippen molar-refractivity contribution in [3.63, 3.8) is 0 Å². The van der Waals surface area contributed by atoms with Crippen LogP contribution in [0.15, 0.2) is 53.3 Å². The third-order valence-electron chi connectivity index (χ3n) is 5.37. The smallest absolute Gasteiger partial charge is 0.254 e. The Kier molecular flexibility index (Phi) is 6.11. The maximum Gasteiger partial charge on any atom is 0.254 e. The second-order valence-electron chi connectivity index (χ2n) is 7.57. The number of hydrogen-bond donors (Lipinski definition) is 1. The molecule has 0 saturated heterocycles. The van der Waals surface area contributed by atoms with Gasteiger partial charge >= 0.3 is 0 Å². The molecule has 0 fully saturated rings. The standard InChI is InChI=1S/C24H26N2O5/c1-16(17-9-10-20-22(14-17)31-13-12-30-20)25-23(27)8-5-11-29-21-15-24(28)26(2)19-7-4-3-6-18(19)21/h3-4,6-7,9-10,14-16H,5,8,11-13H2,1-2H3,(H,25,27)/t16-/m1/s1. The molecule has 2 heterocycles. The van der Waals surface area contributed by atoms with Gasteiger partial charge < -0.3 is 24.1 Å². The van der Waals surface area contributed by atoms with Gasteiger partial charge in [-0.15, -0.1) is 0 Å². The van der Waals surface area contributed by atoms with Gasteiger partial charge in [0.2, 0.25) is 5.91 Å². The molecule has 7 nitrogen and oxygen atoms in total. The molecular weight excluding hydrogens is 396 g/mol. The number of ether oxygens (including phenoxy) is 3. The van der Waals surface area contributed by atoms with Crippen molar-refractivity contribution < 1.29 is 19.0 Å². The molecule has 1 N–H and O–H groups in total. The molecule has 0 spiro atoms. The van der Waals surface area contributed by atoms with Crippen molar-refractivity contribution in [1.29, 1.82) is 0 Å². The van der Waals surface area contributed by atoms with E-state index in [2.05, 4.69) is 5.32 Å². The number of hydrogen-bond acceptors (Lipinski definition) is 5. The van der Waals surface area contributed by atoms with Gasteiger partial charge in [0.15, 0.2) is 11.5 Å². The molecule has 0 saturated carbocycles. The Morgan fingerprint density at radius 2 is 1.90 bits per heavy atom. The highest BCUT2D eigenvalue weighted by Crippen LogP contribution is 2.32. The van der Waals surface area contributed by atoms with E-state index in [1.807, 2.05) is 49.4 Å². The number of amides is 1. The molecule has 1 aliphatic heterocycles. The molecule has 1 aliphatic rings. The Balaban J connectivity index is 1.30. The van der Waals surface area contributed by atoms with Crippen LogP contribution in [0.3, 0.4) is 0 Å². The summed E-state index contributed by atoms with van der Waals surface area (Å²) in [6, 6.07) is 14.7. The van der Waals surface area contributed by atoms with Gasteiger partial charge in [-0.1, -0.05) is 18.2 Å². The van der Waals surface area contributed by atoms with Gasteiger partial charge in [0.05, 0.1) is 18.2 Å². The molecule has 0 bridgehead atoms. The van der Waals surface area contributed by atoms with Gasteiger partial charge in [0.25, 0.3) is 5.56 Å². The largest absolute Gasteiger partial charge is 0.493 e. The van der Waals surface area contributed by atoms with Gasteiger partial charge in [-0.05, 0) is 43.2 Å². The predicted octanol–water partition coefficient (Wildman–Crippen LogP) is 3.35. The summed E-state index contributed by atoms with van der Waals surface area (Å²) in [6.07, 6.45) is 0.876. The fourth-order valence-electron chi connectivity index (χ4n) is 3.64. The summed E-state index contributed by atoms with van der Waals surface area (Å²) in [5.74, 6) is 1.93. The highest BCUT2D eigenvalue weighted by molar-refractivity contribution is 5.85. The lowest BCUT2D eigenvalue weighted by molar-refractivity contribution is -0.121. The van der Waals surface area contributed by atoms with Crippen molar-refractivity contribution in [2.75, 3.05) is 19.8 Å². The topological polar surface area (TPSA) is 78.8 Å². The third-order valence-corrected chi connectivity index (χ3v) is 5.37. The first-order chi connectivity index (χ1) is 15.0. The molecule has 2 aromatic carbocycles. The number of pyridine rings is 1. The average molecular weight is 422 g/mol. The normalized spacial score (nSPS) is 13.6. The molecule has 31 heavy (non-hydrogen) atoms. The van der Waals surface area contributed by atoms with Crippen molar-refractivity contribution in [2.45, 2.75) is 25.8 Å². The number of para-hydroxylation sites is 1. The van der Waals surface area contributed by atoms with E-state index in [1.165, 1.54) is 6.07 Å². The lowest BCUT2D eigenvalue weighted by Crippen LogP contribution is -2.27. The monoisotopic (exact) mass is 422 g/mol. The summed E-state index contributed by atoms with van der Waals surface area (Å²) in [5, 5.41) is 3.88. The number of nitrogens with zero attached hydrogens (tertiary/aromatic N) is 1. The first-order valence-corrected chi connectivity index (χ1v) is 10.4. The van der Waals surface area contributed by atoms with Gasteiger partial charge in [0, 0.05) is 24.9 Å². The number of fused-ring (bicyclic) bond motifs is 2. The van der Waals surface area contributed by atoms with Gasteiger partial charge in [-0.3, -0.25) is 9.59 Å². The number of carbonyl (C=O) groups is 1. The van der Waals surface area contributed by atoms with Crippen LogP contribution in [0.1, 0.15) is 31.4 Å². The molecule has 3 aromatic rings. The second kappa shape index (κ2) is 9.12. The van der Waals surface area contributed by atoms with E-state index in [0.29, 0.717) is 44.2 Å².